The highest BCUT2D eigenvalue weighted by atomic mass is 32.2. The van der Waals surface area contributed by atoms with Crippen molar-refractivity contribution in [3.8, 4) is 0 Å². The number of nitrogens with zero attached hydrogens (tertiary/aromatic N) is 3. The van der Waals surface area contributed by atoms with E-state index in [1.54, 1.807) is 10.9 Å². The van der Waals surface area contributed by atoms with Gasteiger partial charge in [-0.1, -0.05) is 13.8 Å². The van der Waals surface area contributed by atoms with Crippen molar-refractivity contribution in [2.24, 2.45) is 5.92 Å². The lowest BCUT2D eigenvalue weighted by atomic mass is 9.98. The summed E-state index contributed by atoms with van der Waals surface area (Å²) in [6.45, 7) is 4.98. The standard InChI is InChI=1S/C12H19N3O3S/c1-9(2)11-6-14(8-13-11)7-12(16)10-4-15(5-10)19(3,17)18/h6,8-10H,4-5,7H2,1-3H3. The Bertz CT molecular complexity index is 571. The molecule has 1 saturated heterocycles. The fourth-order valence-electron chi connectivity index (χ4n) is 1.98. The molecule has 0 atom stereocenters. The molecule has 0 radical (unpaired) electrons. The third kappa shape index (κ3) is 3.22. The van der Waals surface area contributed by atoms with Crippen molar-refractivity contribution in [1.29, 1.82) is 0 Å². The number of sulfonamides is 1. The largest absolute Gasteiger partial charge is 0.330 e. The van der Waals surface area contributed by atoms with Gasteiger partial charge >= 0.3 is 0 Å². The summed E-state index contributed by atoms with van der Waals surface area (Å²) in [4.78, 5) is 16.2. The zero-order valence-corrected chi connectivity index (χ0v) is 12.2. The van der Waals surface area contributed by atoms with E-state index in [9.17, 15) is 13.2 Å². The maximum atomic E-state index is 12.0. The minimum atomic E-state index is -3.15. The molecular formula is C12H19N3O3S. The molecule has 0 aliphatic carbocycles. The lowest BCUT2D eigenvalue weighted by Crippen LogP contribution is -2.53. The molecule has 19 heavy (non-hydrogen) atoms. The fraction of sp³-hybridized carbons (Fsp3) is 0.667. The second-order valence-corrected chi connectivity index (χ2v) is 7.35. The van der Waals surface area contributed by atoms with Gasteiger partial charge in [-0.05, 0) is 5.92 Å². The van der Waals surface area contributed by atoms with Gasteiger partial charge in [0, 0.05) is 25.2 Å². The molecule has 1 aliphatic heterocycles. The molecule has 0 saturated carbocycles. The van der Waals surface area contributed by atoms with Crippen molar-refractivity contribution >= 4 is 15.8 Å². The summed E-state index contributed by atoms with van der Waals surface area (Å²) in [6, 6.07) is 0. The summed E-state index contributed by atoms with van der Waals surface area (Å²) in [7, 11) is -3.15. The molecule has 2 heterocycles. The van der Waals surface area contributed by atoms with Gasteiger partial charge < -0.3 is 4.57 Å². The molecule has 0 aromatic carbocycles. The van der Waals surface area contributed by atoms with Crippen LogP contribution in [0.3, 0.4) is 0 Å². The summed E-state index contributed by atoms with van der Waals surface area (Å²) in [6.07, 6.45) is 4.69. The van der Waals surface area contributed by atoms with Crippen molar-refractivity contribution in [1.82, 2.24) is 13.9 Å². The zero-order chi connectivity index (χ0) is 14.2. The molecule has 1 aliphatic rings. The molecule has 0 unspecified atom stereocenters. The third-order valence-corrected chi connectivity index (χ3v) is 4.59. The topological polar surface area (TPSA) is 72.3 Å². The molecule has 7 heteroatoms. The van der Waals surface area contributed by atoms with Crippen LogP contribution in [0.2, 0.25) is 0 Å². The first-order valence-corrected chi connectivity index (χ1v) is 8.11. The molecule has 0 spiro atoms. The van der Waals surface area contributed by atoms with Crippen LogP contribution in [0.1, 0.15) is 25.5 Å². The first-order chi connectivity index (χ1) is 8.77. The highest BCUT2D eigenvalue weighted by molar-refractivity contribution is 7.88. The number of rotatable bonds is 5. The van der Waals surface area contributed by atoms with Crippen molar-refractivity contribution in [2.75, 3.05) is 19.3 Å². The summed E-state index contributed by atoms with van der Waals surface area (Å²) >= 11 is 0. The molecule has 0 amide bonds. The van der Waals surface area contributed by atoms with Crippen LogP contribution in [0, 0.1) is 5.92 Å². The van der Waals surface area contributed by atoms with Crippen molar-refractivity contribution in [3.63, 3.8) is 0 Å². The van der Waals surface area contributed by atoms with Crippen molar-refractivity contribution in [2.45, 2.75) is 26.3 Å². The number of hydrogen-bond donors (Lipinski definition) is 0. The number of Topliss-reactive ketones (excluding diaryl/α,β-unsaturated/α-hetero) is 1. The van der Waals surface area contributed by atoms with Crippen LogP contribution in [0.4, 0.5) is 0 Å². The van der Waals surface area contributed by atoms with Crippen LogP contribution in [0.5, 0.6) is 0 Å². The van der Waals surface area contributed by atoms with E-state index in [-0.39, 0.29) is 18.2 Å². The van der Waals surface area contributed by atoms with E-state index in [0.29, 0.717) is 19.0 Å². The first kappa shape index (κ1) is 14.2. The van der Waals surface area contributed by atoms with E-state index in [0.717, 1.165) is 5.69 Å². The van der Waals surface area contributed by atoms with E-state index < -0.39 is 10.0 Å². The van der Waals surface area contributed by atoms with Crippen LogP contribution in [-0.4, -0.2) is 47.4 Å². The molecule has 0 N–H and O–H groups in total. The molecule has 6 nitrogen and oxygen atoms in total. The van der Waals surface area contributed by atoms with Crippen LogP contribution < -0.4 is 0 Å². The van der Waals surface area contributed by atoms with Gasteiger partial charge in [0.1, 0.15) is 0 Å². The maximum Gasteiger partial charge on any atom is 0.211 e. The van der Waals surface area contributed by atoms with Crippen LogP contribution >= 0.6 is 0 Å². The average molecular weight is 285 g/mol. The van der Waals surface area contributed by atoms with E-state index in [1.807, 2.05) is 20.0 Å². The number of carbonyl (C=O) groups excluding carboxylic acids is 1. The Labute approximate surface area is 113 Å². The molecule has 0 bridgehead atoms. The lowest BCUT2D eigenvalue weighted by Gasteiger charge is -2.36. The van der Waals surface area contributed by atoms with Gasteiger partial charge in [-0.3, -0.25) is 4.79 Å². The first-order valence-electron chi connectivity index (χ1n) is 6.27. The van der Waals surface area contributed by atoms with E-state index in [4.69, 9.17) is 0 Å². The SMILES string of the molecule is CC(C)c1cn(CC(=O)C2CN(S(C)(=O)=O)C2)cn1. The Morgan fingerprint density at radius 3 is 2.58 bits per heavy atom. The van der Waals surface area contributed by atoms with E-state index in [2.05, 4.69) is 4.98 Å². The van der Waals surface area contributed by atoms with Gasteiger partial charge in [-0.15, -0.1) is 0 Å². The Morgan fingerprint density at radius 1 is 1.47 bits per heavy atom. The summed E-state index contributed by atoms with van der Waals surface area (Å²) < 4.78 is 25.5. The maximum absolute atomic E-state index is 12.0. The van der Waals surface area contributed by atoms with E-state index in [1.165, 1.54) is 10.6 Å². The fourth-order valence-corrected chi connectivity index (χ4v) is 2.89. The van der Waals surface area contributed by atoms with E-state index >= 15 is 0 Å². The number of ketones is 1. The van der Waals surface area contributed by atoms with Gasteiger partial charge in [0.05, 0.1) is 24.8 Å². The molecule has 106 valence electrons. The molecule has 2 rings (SSSR count). The van der Waals surface area contributed by atoms with Gasteiger partial charge in [-0.2, -0.15) is 0 Å². The molecule has 1 fully saturated rings. The quantitative estimate of drug-likeness (QED) is 0.788. The Hall–Kier alpha value is -1.21. The Morgan fingerprint density at radius 2 is 2.11 bits per heavy atom. The highest BCUT2D eigenvalue weighted by Crippen LogP contribution is 2.20. The summed E-state index contributed by atoms with van der Waals surface area (Å²) in [5, 5.41) is 0. The second-order valence-electron chi connectivity index (χ2n) is 5.37. The lowest BCUT2D eigenvalue weighted by molar-refractivity contribution is -0.126. The van der Waals surface area contributed by atoms with Crippen LogP contribution in [0.15, 0.2) is 12.5 Å². The third-order valence-electron chi connectivity index (χ3n) is 3.36. The number of imidazole rings is 1. The normalized spacial score (nSPS) is 17.7. The van der Waals surface area contributed by atoms with Crippen LogP contribution in [-0.2, 0) is 21.4 Å². The van der Waals surface area contributed by atoms with Gasteiger partial charge in [0.25, 0.3) is 0 Å². The Kier molecular flexibility index (Phi) is 3.78. The summed E-state index contributed by atoms with van der Waals surface area (Å²) in [5.74, 6) is 0.216. The smallest absolute Gasteiger partial charge is 0.211 e. The molecule has 1 aromatic rings. The van der Waals surface area contributed by atoms with Gasteiger partial charge in [0.15, 0.2) is 5.78 Å². The van der Waals surface area contributed by atoms with Crippen LogP contribution in [0.25, 0.3) is 0 Å². The monoisotopic (exact) mass is 285 g/mol. The van der Waals surface area contributed by atoms with Gasteiger partial charge in [-0.25, -0.2) is 17.7 Å². The molecule has 1 aromatic heterocycles. The average Bonchev–Trinajstić information content (AvgIpc) is 2.60. The predicted molar refractivity (Wildman–Crippen MR) is 71.2 cm³/mol. The zero-order valence-electron chi connectivity index (χ0n) is 11.4. The van der Waals surface area contributed by atoms with Crippen molar-refractivity contribution < 1.29 is 13.2 Å². The second kappa shape index (κ2) is 5.05. The highest BCUT2D eigenvalue weighted by Gasteiger charge is 2.37. The molecular weight excluding hydrogens is 266 g/mol. The number of aromatic nitrogens is 2. The minimum absolute atomic E-state index is 0.0626. The number of hydrogen-bond acceptors (Lipinski definition) is 4. The Balaban J connectivity index is 1.89. The van der Waals surface area contributed by atoms with Gasteiger partial charge in [0.2, 0.25) is 10.0 Å². The minimum Gasteiger partial charge on any atom is -0.330 e. The number of carbonyl (C=O) groups is 1. The summed E-state index contributed by atoms with van der Waals surface area (Å²) in [5.41, 5.74) is 0.958. The van der Waals surface area contributed by atoms with Crippen molar-refractivity contribution in [3.05, 3.63) is 18.2 Å². The predicted octanol–water partition coefficient (Wildman–Crippen LogP) is 0.467.